The van der Waals surface area contributed by atoms with Crippen molar-refractivity contribution in [3.63, 3.8) is 0 Å². The summed E-state index contributed by atoms with van der Waals surface area (Å²) in [5, 5.41) is 15.3. The molecule has 7 rings (SSSR count). The first-order valence-electron chi connectivity index (χ1n) is 17.4. The third kappa shape index (κ3) is 5.95. The molecule has 1 saturated heterocycles. The summed E-state index contributed by atoms with van der Waals surface area (Å²) in [4.78, 5) is 37.1. The molecule has 0 spiro atoms. The Morgan fingerprint density at radius 3 is 2.63 bits per heavy atom. The van der Waals surface area contributed by atoms with Crippen LogP contribution in [0.4, 0.5) is 4.79 Å². The van der Waals surface area contributed by atoms with Gasteiger partial charge in [0.2, 0.25) is 5.91 Å². The van der Waals surface area contributed by atoms with Gasteiger partial charge >= 0.3 is 13.6 Å². The Morgan fingerprint density at radius 1 is 1.10 bits per heavy atom. The molecule has 0 bridgehead atoms. The van der Waals surface area contributed by atoms with Crippen LogP contribution in [0.15, 0.2) is 42.5 Å². The van der Waals surface area contributed by atoms with Crippen molar-refractivity contribution in [2.75, 3.05) is 7.11 Å². The van der Waals surface area contributed by atoms with Crippen LogP contribution in [0, 0.1) is 11.8 Å². The molecule has 2 fully saturated rings. The zero-order valence-electron chi connectivity index (χ0n) is 29.4. The number of methoxy groups -OCH3 is 1. The summed E-state index contributed by atoms with van der Waals surface area (Å²) in [6.07, 6.45) is 3.37. The van der Waals surface area contributed by atoms with Gasteiger partial charge in [-0.3, -0.25) is 4.79 Å². The van der Waals surface area contributed by atoms with Gasteiger partial charge in [-0.05, 0) is 93.5 Å². The fourth-order valence-corrected chi connectivity index (χ4v) is 7.63. The number of benzene rings is 3. The Balaban J connectivity index is 1.20. The van der Waals surface area contributed by atoms with Gasteiger partial charge in [-0.15, -0.1) is 0 Å². The van der Waals surface area contributed by atoms with Crippen LogP contribution in [0.3, 0.4) is 0 Å². The number of carbonyl (C=O) groups is 2. The van der Waals surface area contributed by atoms with E-state index in [0.29, 0.717) is 12.5 Å². The van der Waals surface area contributed by atoms with Crippen LogP contribution in [0.25, 0.3) is 32.9 Å². The number of nitrogens with one attached hydrogen (secondary N) is 2. The summed E-state index contributed by atoms with van der Waals surface area (Å²) in [7, 11) is 3.01. The fourth-order valence-electron chi connectivity index (χ4n) is 7.63. The number of likely N-dealkylation sites (tertiary alicyclic amines) is 1. The minimum absolute atomic E-state index is 0.0838. The standard InChI is InChI=1S/C38H46BN4O6/c1-20(2)32(42-36(45)47-7)35(44)43-29-10-8-9-22(29)17-30(43)34-40-28-14-11-21-16-27-25-13-12-24(39-49-38(5,6)37(3,4)46)15-23(25)19-48-31(27)18-26(21)33(28)41-34/h11-16,18,20,22,29-30,32,46H,8-10,17,19H2,1-7H3,(H,40,41)(H,42,45). The highest BCUT2D eigenvalue weighted by Gasteiger charge is 2.49. The molecule has 2 aliphatic heterocycles. The Kier molecular flexibility index (Phi) is 8.42. The first kappa shape index (κ1) is 33.4. The van der Waals surface area contributed by atoms with Crippen LogP contribution in [0.2, 0.25) is 0 Å². The molecule has 1 aromatic heterocycles. The Bertz CT molecular complexity index is 1930. The number of nitrogens with zero attached hydrogens (tertiary/aromatic N) is 2. The third-order valence-corrected chi connectivity index (χ3v) is 11.2. The maximum atomic E-state index is 14.2. The number of imidazole rings is 1. The second-order valence-electron chi connectivity index (χ2n) is 15.3. The molecule has 3 N–H and O–H groups in total. The van der Waals surface area contributed by atoms with Crippen LogP contribution >= 0.6 is 0 Å². The molecule has 3 aromatic carbocycles. The topological polar surface area (TPSA) is 126 Å². The van der Waals surface area contributed by atoms with E-state index in [2.05, 4.69) is 46.7 Å². The molecule has 1 saturated carbocycles. The lowest BCUT2D eigenvalue weighted by molar-refractivity contribution is -0.137. The highest BCUT2D eigenvalue weighted by atomic mass is 16.5. The molecule has 11 heteroatoms. The van der Waals surface area contributed by atoms with Gasteiger partial charge in [0.25, 0.3) is 0 Å². The average Bonchev–Trinajstić information content (AvgIpc) is 3.79. The van der Waals surface area contributed by atoms with Crippen molar-refractivity contribution in [3.05, 3.63) is 53.9 Å². The number of fused-ring (bicyclic) bond motifs is 7. The summed E-state index contributed by atoms with van der Waals surface area (Å²) >= 11 is 0. The third-order valence-electron chi connectivity index (χ3n) is 11.2. The lowest BCUT2D eigenvalue weighted by Gasteiger charge is -2.37. The summed E-state index contributed by atoms with van der Waals surface area (Å²) < 4.78 is 17.2. The van der Waals surface area contributed by atoms with Gasteiger partial charge in [-0.1, -0.05) is 50.0 Å². The zero-order chi connectivity index (χ0) is 34.8. The number of hydrogen-bond acceptors (Lipinski definition) is 7. The van der Waals surface area contributed by atoms with Crippen molar-refractivity contribution in [2.24, 2.45) is 11.8 Å². The molecular formula is C38H46BN4O6. The smallest absolute Gasteiger partial charge is 0.407 e. The van der Waals surface area contributed by atoms with Crippen molar-refractivity contribution in [3.8, 4) is 16.9 Å². The predicted molar refractivity (Wildman–Crippen MR) is 190 cm³/mol. The lowest BCUT2D eigenvalue weighted by atomic mass is 9.80. The molecule has 4 aromatic rings. The van der Waals surface area contributed by atoms with Crippen LogP contribution in [0.5, 0.6) is 5.75 Å². The van der Waals surface area contributed by atoms with Crippen molar-refractivity contribution in [1.82, 2.24) is 20.2 Å². The number of ether oxygens (including phenoxy) is 2. The fraction of sp³-hybridized carbons (Fsp3) is 0.500. The molecule has 4 atom stereocenters. The number of aromatic amines is 1. The molecule has 2 amide bonds. The molecule has 1 radical (unpaired) electrons. The van der Waals surface area contributed by atoms with Gasteiger partial charge in [-0.25, -0.2) is 9.78 Å². The first-order valence-corrected chi connectivity index (χ1v) is 17.4. The van der Waals surface area contributed by atoms with Gasteiger partial charge in [-0.2, -0.15) is 0 Å². The number of rotatable bonds is 8. The van der Waals surface area contributed by atoms with E-state index in [0.717, 1.165) is 81.2 Å². The number of amides is 2. The predicted octanol–water partition coefficient (Wildman–Crippen LogP) is 5.91. The van der Waals surface area contributed by atoms with E-state index < -0.39 is 23.3 Å². The summed E-state index contributed by atoms with van der Waals surface area (Å²) in [5.41, 5.74) is 4.08. The number of aliphatic hydroxyl groups is 1. The minimum atomic E-state index is -1.01. The van der Waals surface area contributed by atoms with Crippen molar-refractivity contribution < 1.29 is 28.8 Å². The van der Waals surface area contributed by atoms with Gasteiger partial charge < -0.3 is 34.4 Å². The highest BCUT2D eigenvalue weighted by Crippen LogP contribution is 2.48. The van der Waals surface area contributed by atoms with Gasteiger partial charge in [0, 0.05) is 17.0 Å². The maximum Gasteiger partial charge on any atom is 0.407 e. The second kappa shape index (κ2) is 12.4. The highest BCUT2D eigenvalue weighted by molar-refractivity contribution is 6.47. The van der Waals surface area contributed by atoms with E-state index in [9.17, 15) is 14.7 Å². The maximum absolute atomic E-state index is 14.2. The van der Waals surface area contributed by atoms with Crippen molar-refractivity contribution >= 4 is 46.8 Å². The lowest BCUT2D eigenvalue weighted by Crippen LogP contribution is -2.53. The van der Waals surface area contributed by atoms with Crippen LogP contribution in [0.1, 0.15) is 84.7 Å². The molecule has 49 heavy (non-hydrogen) atoms. The van der Waals surface area contributed by atoms with E-state index in [1.165, 1.54) is 7.11 Å². The molecule has 3 aliphatic rings. The monoisotopic (exact) mass is 665 g/mol. The number of hydrogen-bond donors (Lipinski definition) is 3. The number of H-pyrrole nitrogens is 1. The van der Waals surface area contributed by atoms with Crippen LogP contribution in [-0.4, -0.2) is 69.9 Å². The first-order chi connectivity index (χ1) is 23.3. The van der Waals surface area contributed by atoms with Crippen molar-refractivity contribution in [2.45, 2.75) is 103 Å². The molecule has 4 unspecified atom stereocenters. The van der Waals surface area contributed by atoms with E-state index in [4.69, 9.17) is 19.1 Å². The summed E-state index contributed by atoms with van der Waals surface area (Å²) in [6.45, 7) is 11.5. The van der Waals surface area contributed by atoms with Crippen LogP contribution < -0.4 is 15.5 Å². The van der Waals surface area contributed by atoms with E-state index in [1.54, 1.807) is 21.3 Å². The van der Waals surface area contributed by atoms with Crippen molar-refractivity contribution in [1.29, 1.82) is 0 Å². The van der Waals surface area contributed by atoms with E-state index >= 15 is 0 Å². The summed E-state index contributed by atoms with van der Waals surface area (Å²) in [6, 6.07) is 13.8. The van der Waals surface area contributed by atoms with E-state index in [1.807, 2.05) is 38.7 Å². The SMILES string of the molecule is COC(=O)NC(C(=O)N1C(c2nc3c(ccc4cc5c(cc43)OCc3cc([B]OC(C)(C)C(C)(C)O)ccc3-5)[nH]2)CC2CCCC21)C(C)C. The quantitative estimate of drug-likeness (QED) is 0.200. The number of alkyl carbamates (subject to hydrolysis) is 1. The van der Waals surface area contributed by atoms with E-state index in [-0.39, 0.29) is 23.9 Å². The minimum Gasteiger partial charge on any atom is -0.488 e. The summed E-state index contributed by atoms with van der Waals surface area (Å²) in [5.74, 6) is 1.79. The molecule has 3 heterocycles. The largest absolute Gasteiger partial charge is 0.488 e. The number of carbonyl (C=O) groups excluding carboxylic acids is 2. The van der Waals surface area contributed by atoms with Gasteiger partial charge in [0.05, 0.1) is 35.4 Å². The van der Waals surface area contributed by atoms with Gasteiger partial charge in [0.15, 0.2) is 0 Å². The Morgan fingerprint density at radius 2 is 1.90 bits per heavy atom. The molecule has 1 aliphatic carbocycles. The number of aromatic nitrogens is 2. The molecule has 257 valence electrons. The Hall–Kier alpha value is -4.09. The molecule has 10 nitrogen and oxygen atoms in total. The average molecular weight is 666 g/mol. The normalized spacial score (nSPS) is 20.9. The van der Waals surface area contributed by atoms with Gasteiger partial charge in [0.1, 0.15) is 24.2 Å². The van der Waals surface area contributed by atoms with Crippen LogP contribution in [-0.2, 0) is 20.8 Å². The zero-order valence-corrected chi connectivity index (χ0v) is 29.4. The Labute approximate surface area is 288 Å². The molecular weight excluding hydrogens is 619 g/mol. The second-order valence-corrected chi connectivity index (χ2v) is 15.3.